The van der Waals surface area contributed by atoms with Crippen molar-refractivity contribution in [1.82, 2.24) is 0 Å². The summed E-state index contributed by atoms with van der Waals surface area (Å²) in [4.78, 5) is 10.7. The molecule has 108 valence electrons. The van der Waals surface area contributed by atoms with Crippen LogP contribution in [0.15, 0.2) is 18.2 Å². The minimum absolute atomic E-state index is 0.217. The molecule has 0 N–H and O–H groups in total. The summed E-state index contributed by atoms with van der Waals surface area (Å²) in [5.74, 6) is 0. The first-order valence-electron chi connectivity index (χ1n) is 7.47. The molecule has 1 aromatic carbocycles. The van der Waals surface area contributed by atoms with Crippen LogP contribution in [-0.2, 0) is 15.6 Å². The molecule has 0 radical (unpaired) electrons. The first kappa shape index (κ1) is 15.0. The molecule has 1 heteroatoms. The maximum absolute atomic E-state index is 10.7. The van der Waals surface area contributed by atoms with Gasteiger partial charge in [-0.2, -0.15) is 0 Å². The molecule has 1 aromatic rings. The molecule has 1 nitrogen and oxygen atoms in total. The molecule has 0 atom stereocenters. The van der Waals surface area contributed by atoms with Crippen LogP contribution in [0, 0.1) is 6.92 Å². The lowest BCUT2D eigenvalue weighted by molar-refractivity contribution is -0.104. The van der Waals surface area contributed by atoms with E-state index in [4.69, 9.17) is 0 Å². The van der Waals surface area contributed by atoms with Gasteiger partial charge in [0, 0.05) is 0 Å². The number of allylic oxidation sites excluding steroid dienone is 2. The Kier molecular flexibility index (Phi) is 3.66. The van der Waals surface area contributed by atoms with E-state index in [1.807, 2.05) is 6.92 Å². The van der Waals surface area contributed by atoms with E-state index in [1.54, 1.807) is 6.08 Å². The molecule has 2 rings (SSSR count). The van der Waals surface area contributed by atoms with Gasteiger partial charge in [-0.05, 0) is 71.4 Å². The van der Waals surface area contributed by atoms with Crippen molar-refractivity contribution in [2.45, 2.75) is 65.2 Å². The predicted molar refractivity (Wildman–Crippen MR) is 86.2 cm³/mol. The molecular formula is C19H26O. The van der Waals surface area contributed by atoms with Crippen molar-refractivity contribution in [2.75, 3.05) is 0 Å². The zero-order valence-electron chi connectivity index (χ0n) is 13.6. The fourth-order valence-corrected chi connectivity index (χ4v) is 3.34. The Morgan fingerprint density at radius 3 is 2.05 bits per heavy atom. The van der Waals surface area contributed by atoms with Gasteiger partial charge in [0.15, 0.2) is 0 Å². The normalized spacial score (nSPS) is 20.4. The van der Waals surface area contributed by atoms with Crippen LogP contribution >= 0.6 is 0 Å². The Morgan fingerprint density at radius 2 is 1.55 bits per heavy atom. The Morgan fingerprint density at radius 1 is 1.05 bits per heavy atom. The van der Waals surface area contributed by atoms with E-state index in [9.17, 15) is 4.79 Å². The Hall–Kier alpha value is -1.37. The summed E-state index contributed by atoms with van der Waals surface area (Å²) in [6.07, 6.45) is 4.99. The third kappa shape index (κ3) is 2.46. The Labute approximate surface area is 123 Å². The molecule has 0 saturated carbocycles. The largest absolute Gasteiger partial charge is 0.299 e. The highest BCUT2D eigenvalue weighted by Gasteiger charge is 2.37. The molecule has 0 fully saturated rings. The third-order valence-corrected chi connectivity index (χ3v) is 4.94. The van der Waals surface area contributed by atoms with E-state index in [0.717, 1.165) is 11.9 Å². The van der Waals surface area contributed by atoms with Crippen LogP contribution in [0.1, 0.15) is 69.7 Å². The summed E-state index contributed by atoms with van der Waals surface area (Å²) >= 11 is 0. The predicted octanol–water partition coefficient (Wildman–Crippen LogP) is 4.95. The first-order valence-corrected chi connectivity index (χ1v) is 7.47. The minimum Gasteiger partial charge on any atom is -0.299 e. The molecule has 20 heavy (non-hydrogen) atoms. The highest BCUT2D eigenvalue weighted by molar-refractivity contribution is 5.82. The molecule has 0 amide bonds. The number of rotatable bonds is 2. The zero-order valence-corrected chi connectivity index (χ0v) is 13.6. The Bertz CT molecular complexity index is 574. The minimum atomic E-state index is 0.217. The van der Waals surface area contributed by atoms with E-state index in [-0.39, 0.29) is 10.8 Å². The lowest BCUT2D eigenvalue weighted by Gasteiger charge is -2.42. The average Bonchev–Trinajstić information content (AvgIpc) is 2.35. The summed E-state index contributed by atoms with van der Waals surface area (Å²) in [7, 11) is 0. The van der Waals surface area contributed by atoms with Crippen molar-refractivity contribution in [3.05, 3.63) is 40.5 Å². The van der Waals surface area contributed by atoms with Crippen LogP contribution in [0.3, 0.4) is 0 Å². The molecule has 1 aliphatic carbocycles. The van der Waals surface area contributed by atoms with Crippen molar-refractivity contribution < 1.29 is 4.79 Å². The Balaban J connectivity index is 2.70. The third-order valence-electron chi connectivity index (χ3n) is 4.94. The van der Waals surface area contributed by atoms with Crippen LogP contribution in [0.5, 0.6) is 0 Å². The molecule has 1 aliphatic rings. The average molecular weight is 270 g/mol. The molecular weight excluding hydrogens is 244 g/mol. The second-order valence-electron chi connectivity index (χ2n) is 7.47. The summed E-state index contributed by atoms with van der Waals surface area (Å²) in [6, 6.07) is 4.66. The van der Waals surface area contributed by atoms with Crippen LogP contribution in [0.2, 0.25) is 0 Å². The summed E-state index contributed by atoms with van der Waals surface area (Å²) in [5, 5.41) is 0. The van der Waals surface area contributed by atoms with E-state index in [1.165, 1.54) is 35.1 Å². The van der Waals surface area contributed by atoms with Gasteiger partial charge in [-0.25, -0.2) is 0 Å². The lowest BCUT2D eigenvalue weighted by Crippen LogP contribution is -2.34. The van der Waals surface area contributed by atoms with Gasteiger partial charge in [0.05, 0.1) is 0 Å². The lowest BCUT2D eigenvalue weighted by atomic mass is 9.62. The standard InChI is InChI=1S/C19H26O/c1-13(7-10-20)15-12-17-16(11-14(15)2)18(3,4)8-9-19(17,5)6/h7,10-12H,8-9H2,1-6H3. The highest BCUT2D eigenvalue weighted by atomic mass is 16.1. The molecule has 0 saturated heterocycles. The van der Waals surface area contributed by atoms with E-state index in [0.29, 0.717) is 0 Å². The van der Waals surface area contributed by atoms with Gasteiger partial charge in [-0.1, -0.05) is 39.8 Å². The van der Waals surface area contributed by atoms with Gasteiger partial charge in [0.1, 0.15) is 6.29 Å². The van der Waals surface area contributed by atoms with Gasteiger partial charge >= 0.3 is 0 Å². The van der Waals surface area contributed by atoms with Gasteiger partial charge in [-0.15, -0.1) is 0 Å². The number of aldehydes is 1. The van der Waals surface area contributed by atoms with Crippen molar-refractivity contribution in [3.63, 3.8) is 0 Å². The summed E-state index contributed by atoms with van der Waals surface area (Å²) < 4.78 is 0. The first-order chi connectivity index (χ1) is 9.19. The number of carbonyl (C=O) groups is 1. The molecule has 0 aromatic heterocycles. The van der Waals surface area contributed by atoms with Crippen LogP contribution in [0.25, 0.3) is 5.57 Å². The number of fused-ring (bicyclic) bond motifs is 1. The van der Waals surface area contributed by atoms with Crippen LogP contribution in [0.4, 0.5) is 0 Å². The molecule has 0 spiro atoms. The number of hydrogen-bond acceptors (Lipinski definition) is 1. The number of aryl methyl sites for hydroxylation is 1. The van der Waals surface area contributed by atoms with Crippen molar-refractivity contribution in [3.8, 4) is 0 Å². The second kappa shape index (κ2) is 4.87. The van der Waals surface area contributed by atoms with Crippen LogP contribution in [-0.4, -0.2) is 6.29 Å². The maximum atomic E-state index is 10.7. The van der Waals surface area contributed by atoms with Gasteiger partial charge in [-0.3, -0.25) is 4.79 Å². The van der Waals surface area contributed by atoms with Gasteiger partial charge in [0.2, 0.25) is 0 Å². The number of carbonyl (C=O) groups excluding carboxylic acids is 1. The monoisotopic (exact) mass is 270 g/mol. The second-order valence-corrected chi connectivity index (χ2v) is 7.47. The molecule has 0 aliphatic heterocycles. The van der Waals surface area contributed by atoms with Crippen molar-refractivity contribution in [1.29, 1.82) is 0 Å². The molecule has 0 bridgehead atoms. The fraction of sp³-hybridized carbons (Fsp3) is 0.526. The number of hydrogen-bond donors (Lipinski definition) is 0. The van der Waals surface area contributed by atoms with Crippen LogP contribution < -0.4 is 0 Å². The van der Waals surface area contributed by atoms with Crippen molar-refractivity contribution >= 4 is 11.9 Å². The quantitative estimate of drug-likeness (QED) is 0.549. The van der Waals surface area contributed by atoms with E-state index >= 15 is 0 Å². The topological polar surface area (TPSA) is 17.1 Å². The van der Waals surface area contributed by atoms with Gasteiger partial charge in [0.25, 0.3) is 0 Å². The summed E-state index contributed by atoms with van der Waals surface area (Å²) in [5.41, 5.74) is 6.93. The fourth-order valence-electron chi connectivity index (χ4n) is 3.34. The highest BCUT2D eigenvalue weighted by Crippen LogP contribution is 2.47. The molecule has 0 heterocycles. The zero-order chi connectivity index (χ0) is 15.1. The number of benzene rings is 1. The molecule has 0 unspecified atom stereocenters. The SMILES string of the molecule is CC(=CC=O)c1cc2c(cc1C)C(C)(C)CCC2(C)C. The van der Waals surface area contributed by atoms with Crippen molar-refractivity contribution in [2.24, 2.45) is 0 Å². The van der Waals surface area contributed by atoms with E-state index < -0.39 is 0 Å². The van der Waals surface area contributed by atoms with Gasteiger partial charge < -0.3 is 0 Å². The summed E-state index contributed by atoms with van der Waals surface area (Å²) in [6.45, 7) is 13.5. The maximum Gasteiger partial charge on any atom is 0.143 e. The smallest absolute Gasteiger partial charge is 0.143 e. The van der Waals surface area contributed by atoms with E-state index in [2.05, 4.69) is 46.8 Å².